The Kier molecular flexibility index (Phi) is 5.71. The lowest BCUT2D eigenvalue weighted by Gasteiger charge is -2.45. The van der Waals surface area contributed by atoms with Crippen LogP contribution >= 0.6 is 27.5 Å². The zero-order valence-corrected chi connectivity index (χ0v) is 18.7. The van der Waals surface area contributed by atoms with E-state index in [9.17, 15) is 15.2 Å². The predicted molar refractivity (Wildman–Crippen MR) is 119 cm³/mol. The van der Waals surface area contributed by atoms with Gasteiger partial charge < -0.3 is 20.1 Å². The SMILES string of the molecule is CC(CO)(c1ccc(Br)cc1)N1CCN(c2nc3cc(Cl)ccn3c2[N+](=O)[O-])CC1. The van der Waals surface area contributed by atoms with Gasteiger partial charge in [-0.2, -0.15) is 9.38 Å². The molecule has 10 heteroatoms. The van der Waals surface area contributed by atoms with E-state index < -0.39 is 10.5 Å². The molecule has 3 aromatic rings. The number of piperazine rings is 1. The number of imidazole rings is 1. The first-order valence-corrected chi connectivity index (χ1v) is 10.7. The van der Waals surface area contributed by atoms with E-state index in [1.807, 2.05) is 36.1 Å². The molecule has 1 aromatic carbocycles. The van der Waals surface area contributed by atoms with E-state index >= 15 is 0 Å². The van der Waals surface area contributed by atoms with Crippen molar-refractivity contribution < 1.29 is 10.0 Å². The number of pyridine rings is 1. The van der Waals surface area contributed by atoms with Crippen LogP contribution in [0.25, 0.3) is 5.65 Å². The third kappa shape index (κ3) is 3.66. The molecule has 1 saturated heterocycles. The zero-order valence-electron chi connectivity index (χ0n) is 16.3. The molecule has 2 aromatic heterocycles. The van der Waals surface area contributed by atoms with Crippen molar-refractivity contribution in [2.24, 2.45) is 0 Å². The highest BCUT2D eigenvalue weighted by Gasteiger charge is 2.37. The van der Waals surface area contributed by atoms with Gasteiger partial charge in [-0.3, -0.25) is 4.90 Å². The third-order valence-electron chi connectivity index (χ3n) is 5.77. The molecule has 0 aliphatic carbocycles. The van der Waals surface area contributed by atoms with Gasteiger partial charge in [-0.1, -0.05) is 39.7 Å². The molecule has 158 valence electrons. The van der Waals surface area contributed by atoms with E-state index in [2.05, 4.69) is 25.8 Å². The number of anilines is 1. The van der Waals surface area contributed by atoms with E-state index in [-0.39, 0.29) is 12.4 Å². The lowest BCUT2D eigenvalue weighted by atomic mass is 9.90. The Hall–Kier alpha value is -2.20. The Labute approximate surface area is 187 Å². The van der Waals surface area contributed by atoms with Crippen molar-refractivity contribution in [2.75, 3.05) is 37.7 Å². The van der Waals surface area contributed by atoms with Crippen LogP contribution in [0.2, 0.25) is 5.02 Å². The Morgan fingerprint density at radius 3 is 2.50 bits per heavy atom. The minimum atomic E-state index is -0.537. The summed E-state index contributed by atoms with van der Waals surface area (Å²) in [5.41, 5.74) is 0.933. The van der Waals surface area contributed by atoms with Crippen molar-refractivity contribution in [2.45, 2.75) is 12.5 Å². The molecule has 0 amide bonds. The summed E-state index contributed by atoms with van der Waals surface area (Å²) < 4.78 is 2.43. The summed E-state index contributed by atoms with van der Waals surface area (Å²) in [5, 5.41) is 22.4. The fraction of sp³-hybridized carbons (Fsp3) is 0.350. The molecule has 1 aliphatic rings. The molecule has 3 heterocycles. The highest BCUT2D eigenvalue weighted by molar-refractivity contribution is 9.10. The Balaban J connectivity index is 1.59. The molecule has 1 fully saturated rings. The number of halogens is 2. The van der Waals surface area contributed by atoms with Crippen LogP contribution in [0, 0.1) is 10.1 Å². The van der Waals surface area contributed by atoms with E-state index in [0.29, 0.717) is 42.7 Å². The van der Waals surface area contributed by atoms with Crippen LogP contribution in [-0.4, -0.2) is 57.1 Å². The van der Waals surface area contributed by atoms with Gasteiger partial charge >= 0.3 is 5.82 Å². The molecular formula is C20H21BrClN5O3. The van der Waals surface area contributed by atoms with Gasteiger partial charge in [0.05, 0.1) is 23.4 Å². The maximum absolute atomic E-state index is 11.7. The number of aliphatic hydroxyl groups is 1. The second-order valence-electron chi connectivity index (χ2n) is 7.50. The molecule has 30 heavy (non-hydrogen) atoms. The number of fused-ring (bicyclic) bond motifs is 1. The second-order valence-corrected chi connectivity index (χ2v) is 8.85. The molecule has 0 radical (unpaired) electrons. The normalized spacial score (nSPS) is 17.3. The van der Waals surface area contributed by atoms with Crippen molar-refractivity contribution in [3.8, 4) is 0 Å². The quantitative estimate of drug-likeness (QED) is 0.430. The molecule has 0 bridgehead atoms. The summed E-state index contributed by atoms with van der Waals surface area (Å²) in [6, 6.07) is 11.2. The lowest BCUT2D eigenvalue weighted by Crippen LogP contribution is -2.56. The van der Waals surface area contributed by atoms with E-state index in [0.717, 1.165) is 10.0 Å². The van der Waals surface area contributed by atoms with E-state index in [1.165, 1.54) is 4.40 Å². The Morgan fingerprint density at radius 2 is 1.90 bits per heavy atom. The molecular weight excluding hydrogens is 474 g/mol. The summed E-state index contributed by atoms with van der Waals surface area (Å²) >= 11 is 9.47. The average Bonchev–Trinajstić information content (AvgIpc) is 3.12. The number of aliphatic hydroxyl groups excluding tert-OH is 1. The fourth-order valence-corrected chi connectivity index (χ4v) is 4.39. The summed E-state index contributed by atoms with van der Waals surface area (Å²) in [7, 11) is 0. The molecule has 0 spiro atoms. The van der Waals surface area contributed by atoms with Gasteiger partial charge in [0.2, 0.25) is 11.5 Å². The van der Waals surface area contributed by atoms with Gasteiger partial charge in [0.25, 0.3) is 0 Å². The van der Waals surface area contributed by atoms with Crippen molar-refractivity contribution in [3.05, 3.63) is 67.8 Å². The van der Waals surface area contributed by atoms with Crippen LogP contribution < -0.4 is 4.90 Å². The van der Waals surface area contributed by atoms with E-state index in [4.69, 9.17) is 11.6 Å². The first-order chi connectivity index (χ1) is 14.3. The van der Waals surface area contributed by atoms with Gasteiger partial charge in [0.1, 0.15) is 0 Å². The first kappa shape index (κ1) is 21.0. The molecule has 1 atom stereocenters. The largest absolute Gasteiger partial charge is 0.394 e. The highest BCUT2D eigenvalue weighted by atomic mass is 79.9. The fourth-order valence-electron chi connectivity index (χ4n) is 3.97. The van der Waals surface area contributed by atoms with Gasteiger partial charge in [0, 0.05) is 36.7 Å². The molecule has 0 saturated carbocycles. The average molecular weight is 495 g/mol. The van der Waals surface area contributed by atoms with Crippen molar-refractivity contribution >= 4 is 44.8 Å². The molecule has 1 unspecified atom stereocenters. The molecule has 4 rings (SSSR count). The van der Waals surface area contributed by atoms with Crippen molar-refractivity contribution in [1.29, 1.82) is 0 Å². The summed E-state index contributed by atoms with van der Waals surface area (Å²) in [6.45, 7) is 4.38. The standard InChI is InChI=1S/C20H21BrClN5O3/c1-20(13-28,14-2-4-15(21)5-3-14)25-10-8-24(9-11-25)18-19(27(29)30)26-7-6-16(22)12-17(26)23-18/h2-7,12,28H,8-11,13H2,1H3. The summed E-state index contributed by atoms with van der Waals surface area (Å²) in [6.07, 6.45) is 1.57. The monoisotopic (exact) mass is 493 g/mol. The maximum atomic E-state index is 11.7. The number of aromatic nitrogens is 2. The van der Waals surface area contributed by atoms with Crippen LogP contribution in [-0.2, 0) is 5.54 Å². The van der Waals surface area contributed by atoms with Crippen LogP contribution in [0.3, 0.4) is 0 Å². The first-order valence-electron chi connectivity index (χ1n) is 9.52. The number of hydrogen-bond acceptors (Lipinski definition) is 6. The minimum absolute atomic E-state index is 0.0261. The molecule has 1 N–H and O–H groups in total. The van der Waals surface area contributed by atoms with Gasteiger partial charge in [-0.15, -0.1) is 0 Å². The van der Waals surface area contributed by atoms with Crippen LogP contribution in [0.4, 0.5) is 11.6 Å². The topological polar surface area (TPSA) is 87.2 Å². The van der Waals surface area contributed by atoms with Crippen LogP contribution in [0.1, 0.15) is 12.5 Å². The molecule has 1 aliphatic heterocycles. The Morgan fingerprint density at radius 1 is 1.23 bits per heavy atom. The van der Waals surface area contributed by atoms with Gasteiger partial charge in [-0.25, -0.2) is 0 Å². The summed E-state index contributed by atoms with van der Waals surface area (Å²) in [5.74, 6) is 0.282. The van der Waals surface area contributed by atoms with Gasteiger partial charge in [-0.05, 0) is 35.6 Å². The number of nitrogens with zero attached hydrogens (tertiary/aromatic N) is 5. The van der Waals surface area contributed by atoms with Gasteiger partial charge in [0.15, 0.2) is 0 Å². The number of rotatable bonds is 5. The highest BCUT2D eigenvalue weighted by Crippen LogP contribution is 2.34. The maximum Gasteiger partial charge on any atom is 0.372 e. The minimum Gasteiger partial charge on any atom is -0.394 e. The van der Waals surface area contributed by atoms with E-state index in [1.54, 1.807) is 18.3 Å². The van der Waals surface area contributed by atoms with Crippen LogP contribution in [0.5, 0.6) is 0 Å². The predicted octanol–water partition coefficient (Wildman–Crippen LogP) is 3.69. The lowest BCUT2D eigenvalue weighted by molar-refractivity contribution is -0.389. The number of benzene rings is 1. The second kappa shape index (κ2) is 8.14. The number of nitro groups is 1. The van der Waals surface area contributed by atoms with Crippen molar-refractivity contribution in [3.63, 3.8) is 0 Å². The molecule has 8 nitrogen and oxygen atoms in total. The zero-order chi connectivity index (χ0) is 21.5. The van der Waals surface area contributed by atoms with Crippen molar-refractivity contribution in [1.82, 2.24) is 14.3 Å². The van der Waals surface area contributed by atoms with Crippen LogP contribution in [0.15, 0.2) is 47.1 Å². The third-order valence-corrected chi connectivity index (χ3v) is 6.53. The number of hydrogen-bond donors (Lipinski definition) is 1. The smallest absolute Gasteiger partial charge is 0.372 e. The Bertz CT molecular complexity index is 1080. The summed E-state index contributed by atoms with van der Waals surface area (Å²) in [4.78, 5) is 20.0.